The molecule has 3 nitrogen and oxygen atoms in total. The molecule has 0 unspecified atom stereocenters. The van der Waals surface area contributed by atoms with Crippen LogP contribution in [0, 0.1) is 11.8 Å². The minimum Gasteiger partial charge on any atom is -0.456 e. The fourth-order valence-electron chi connectivity index (χ4n) is 3.10. The van der Waals surface area contributed by atoms with Crippen molar-refractivity contribution in [3.63, 3.8) is 0 Å². The summed E-state index contributed by atoms with van der Waals surface area (Å²) in [5.41, 5.74) is 4.90. The number of benzene rings is 1. The molecule has 1 aliphatic carbocycles. The standard InChI is InChI=1S/C20H21NO2/c1-2-23-20(22)13-12-18-14-17-10-6-7-11-19(17)21(18)15-16-8-4-3-5-9-16/h3-5,8-9,14H,2,6-7,10-11,15H2,1H3. The van der Waals surface area contributed by atoms with Crippen LogP contribution in [0.2, 0.25) is 0 Å². The molecule has 0 bridgehead atoms. The molecule has 3 heteroatoms. The molecule has 1 aromatic heterocycles. The highest BCUT2D eigenvalue weighted by Crippen LogP contribution is 2.25. The van der Waals surface area contributed by atoms with Gasteiger partial charge >= 0.3 is 5.97 Å². The maximum atomic E-state index is 11.5. The molecule has 118 valence electrons. The van der Waals surface area contributed by atoms with E-state index in [1.807, 2.05) is 6.07 Å². The lowest BCUT2D eigenvalue weighted by molar-refractivity contribution is -0.136. The topological polar surface area (TPSA) is 31.2 Å². The number of esters is 1. The first-order valence-electron chi connectivity index (χ1n) is 8.22. The van der Waals surface area contributed by atoms with Gasteiger partial charge < -0.3 is 9.30 Å². The van der Waals surface area contributed by atoms with E-state index in [0.717, 1.165) is 25.1 Å². The molecular weight excluding hydrogens is 286 g/mol. The number of hydrogen-bond donors (Lipinski definition) is 0. The van der Waals surface area contributed by atoms with Crippen LogP contribution in [0.25, 0.3) is 0 Å². The number of rotatable bonds is 3. The number of nitrogens with zero attached hydrogens (tertiary/aromatic N) is 1. The molecule has 0 N–H and O–H groups in total. The van der Waals surface area contributed by atoms with Crippen molar-refractivity contribution in [2.75, 3.05) is 6.61 Å². The molecule has 0 spiro atoms. The van der Waals surface area contributed by atoms with Crippen LogP contribution in [-0.4, -0.2) is 17.1 Å². The summed E-state index contributed by atoms with van der Waals surface area (Å²) in [6.07, 6.45) is 4.64. The Labute approximate surface area is 137 Å². The average Bonchev–Trinajstić information content (AvgIpc) is 2.92. The maximum absolute atomic E-state index is 11.5. The highest BCUT2D eigenvalue weighted by atomic mass is 16.5. The Kier molecular flexibility index (Phi) is 4.83. The highest BCUT2D eigenvalue weighted by molar-refractivity contribution is 5.89. The second kappa shape index (κ2) is 7.19. The minimum atomic E-state index is -0.460. The van der Waals surface area contributed by atoms with Crippen molar-refractivity contribution in [2.24, 2.45) is 0 Å². The van der Waals surface area contributed by atoms with Crippen molar-refractivity contribution in [1.82, 2.24) is 4.57 Å². The summed E-state index contributed by atoms with van der Waals surface area (Å²) in [5, 5.41) is 0. The normalized spacial score (nSPS) is 12.9. The number of aromatic nitrogens is 1. The smallest absolute Gasteiger partial charge is 0.384 e. The number of ether oxygens (including phenoxy) is 1. The predicted octanol–water partition coefficient (Wildman–Crippen LogP) is 3.33. The van der Waals surface area contributed by atoms with Gasteiger partial charge in [-0.25, -0.2) is 4.79 Å². The van der Waals surface area contributed by atoms with Gasteiger partial charge in [0.05, 0.1) is 12.3 Å². The summed E-state index contributed by atoms with van der Waals surface area (Å²) in [7, 11) is 0. The van der Waals surface area contributed by atoms with Gasteiger partial charge in [0.15, 0.2) is 0 Å². The Balaban J connectivity index is 1.94. The van der Waals surface area contributed by atoms with Crippen LogP contribution in [0.4, 0.5) is 0 Å². The molecule has 0 saturated carbocycles. The van der Waals surface area contributed by atoms with Crippen molar-refractivity contribution in [3.05, 3.63) is 58.9 Å². The lowest BCUT2D eigenvalue weighted by atomic mass is 9.98. The second-order valence-electron chi connectivity index (χ2n) is 5.75. The molecule has 0 radical (unpaired) electrons. The van der Waals surface area contributed by atoms with Gasteiger partial charge in [0.25, 0.3) is 0 Å². The van der Waals surface area contributed by atoms with E-state index in [2.05, 4.69) is 46.7 Å². The first-order chi connectivity index (χ1) is 11.3. The lowest BCUT2D eigenvalue weighted by Crippen LogP contribution is -2.10. The van der Waals surface area contributed by atoms with Gasteiger partial charge in [0, 0.05) is 18.2 Å². The average molecular weight is 307 g/mol. The van der Waals surface area contributed by atoms with Gasteiger partial charge in [-0.3, -0.25) is 0 Å². The number of fused-ring (bicyclic) bond motifs is 1. The number of hydrogen-bond acceptors (Lipinski definition) is 2. The molecule has 1 aromatic carbocycles. The van der Waals surface area contributed by atoms with E-state index < -0.39 is 5.97 Å². The summed E-state index contributed by atoms with van der Waals surface area (Å²) < 4.78 is 7.16. The van der Waals surface area contributed by atoms with E-state index in [9.17, 15) is 4.79 Å². The summed E-state index contributed by atoms with van der Waals surface area (Å²) in [6.45, 7) is 2.94. The molecule has 0 fully saturated rings. The minimum absolute atomic E-state index is 0.356. The quantitative estimate of drug-likeness (QED) is 0.643. The Hall–Kier alpha value is -2.47. The summed E-state index contributed by atoms with van der Waals surface area (Å²) in [4.78, 5) is 11.5. The van der Waals surface area contributed by atoms with E-state index in [1.54, 1.807) is 6.92 Å². The zero-order chi connectivity index (χ0) is 16.1. The molecule has 0 amide bonds. The highest BCUT2D eigenvalue weighted by Gasteiger charge is 2.17. The monoisotopic (exact) mass is 307 g/mol. The van der Waals surface area contributed by atoms with Crippen LogP contribution in [-0.2, 0) is 28.9 Å². The third-order valence-electron chi connectivity index (χ3n) is 4.16. The number of aryl methyl sites for hydroxylation is 1. The first-order valence-corrected chi connectivity index (χ1v) is 8.22. The van der Waals surface area contributed by atoms with E-state index >= 15 is 0 Å². The number of carbonyl (C=O) groups excluding carboxylic acids is 1. The Bertz CT molecular complexity index is 747. The fourth-order valence-corrected chi connectivity index (χ4v) is 3.10. The van der Waals surface area contributed by atoms with Crippen LogP contribution >= 0.6 is 0 Å². The molecule has 1 aliphatic rings. The first kappa shape index (κ1) is 15.4. The van der Waals surface area contributed by atoms with Crippen molar-refractivity contribution in [2.45, 2.75) is 39.2 Å². The van der Waals surface area contributed by atoms with E-state index in [-0.39, 0.29) is 0 Å². The number of carbonyl (C=O) groups is 1. The third kappa shape index (κ3) is 3.65. The van der Waals surface area contributed by atoms with Gasteiger partial charge in [-0.05, 0) is 55.7 Å². The predicted molar refractivity (Wildman–Crippen MR) is 90.1 cm³/mol. The fraction of sp³-hybridized carbons (Fsp3) is 0.350. The molecule has 0 atom stereocenters. The molecular formula is C20H21NO2. The van der Waals surface area contributed by atoms with Gasteiger partial charge in [-0.1, -0.05) is 30.3 Å². The van der Waals surface area contributed by atoms with E-state index in [4.69, 9.17) is 4.74 Å². The van der Waals surface area contributed by atoms with Crippen molar-refractivity contribution >= 4 is 5.97 Å². The molecule has 0 aliphatic heterocycles. The Morgan fingerprint density at radius 2 is 2.00 bits per heavy atom. The van der Waals surface area contributed by atoms with Gasteiger partial charge in [0.1, 0.15) is 0 Å². The molecule has 3 rings (SSSR count). The van der Waals surface area contributed by atoms with Crippen molar-refractivity contribution in [3.8, 4) is 11.8 Å². The molecule has 2 aromatic rings. The molecule has 1 heterocycles. The van der Waals surface area contributed by atoms with Gasteiger partial charge in [-0.2, -0.15) is 0 Å². The molecule has 0 saturated heterocycles. The maximum Gasteiger partial charge on any atom is 0.384 e. The zero-order valence-electron chi connectivity index (χ0n) is 13.5. The Morgan fingerprint density at radius 3 is 2.78 bits per heavy atom. The summed E-state index contributed by atoms with van der Waals surface area (Å²) >= 11 is 0. The largest absolute Gasteiger partial charge is 0.456 e. The van der Waals surface area contributed by atoms with Crippen LogP contribution in [0.3, 0.4) is 0 Å². The van der Waals surface area contributed by atoms with Gasteiger partial charge in [0.2, 0.25) is 0 Å². The molecule has 23 heavy (non-hydrogen) atoms. The van der Waals surface area contributed by atoms with E-state index in [1.165, 1.54) is 29.7 Å². The lowest BCUT2D eigenvalue weighted by Gasteiger charge is -2.16. The van der Waals surface area contributed by atoms with Crippen LogP contribution < -0.4 is 0 Å². The zero-order valence-corrected chi connectivity index (χ0v) is 13.5. The van der Waals surface area contributed by atoms with E-state index in [0.29, 0.717) is 6.61 Å². The summed E-state index contributed by atoms with van der Waals surface area (Å²) in [5.74, 6) is 5.16. The van der Waals surface area contributed by atoms with Crippen LogP contribution in [0.15, 0.2) is 36.4 Å². The van der Waals surface area contributed by atoms with Gasteiger partial charge in [-0.15, -0.1) is 0 Å². The van der Waals surface area contributed by atoms with Crippen LogP contribution in [0.1, 0.15) is 42.3 Å². The summed E-state index contributed by atoms with van der Waals surface area (Å²) in [6, 6.07) is 12.5. The SMILES string of the molecule is CCOC(=O)C#Cc1cc2c(n1Cc1ccccc1)CCCC2. The van der Waals surface area contributed by atoms with Crippen molar-refractivity contribution < 1.29 is 9.53 Å². The Morgan fingerprint density at radius 1 is 1.22 bits per heavy atom. The van der Waals surface area contributed by atoms with Crippen LogP contribution in [0.5, 0.6) is 0 Å². The van der Waals surface area contributed by atoms with Crippen molar-refractivity contribution in [1.29, 1.82) is 0 Å². The third-order valence-corrected chi connectivity index (χ3v) is 4.16. The second-order valence-corrected chi connectivity index (χ2v) is 5.75.